The minimum absolute atomic E-state index is 0.194. The van der Waals surface area contributed by atoms with Crippen LogP contribution in [0.25, 0.3) is 4.96 Å². The number of nitrogens with zero attached hydrogens (tertiary/aromatic N) is 3. The van der Waals surface area contributed by atoms with Crippen LogP contribution in [0, 0.1) is 0 Å². The van der Waals surface area contributed by atoms with Gasteiger partial charge in [0.15, 0.2) is 10.8 Å². The minimum atomic E-state index is 0.194. The van der Waals surface area contributed by atoms with E-state index >= 15 is 0 Å². The van der Waals surface area contributed by atoms with Crippen molar-refractivity contribution in [2.75, 3.05) is 31.2 Å². The highest BCUT2D eigenvalue weighted by Gasteiger charge is 2.21. The van der Waals surface area contributed by atoms with E-state index in [-0.39, 0.29) is 6.04 Å². The molecule has 104 valence electrons. The summed E-state index contributed by atoms with van der Waals surface area (Å²) in [6, 6.07) is 0.194. The molecule has 0 radical (unpaired) electrons. The van der Waals surface area contributed by atoms with Gasteiger partial charge in [-0.3, -0.25) is 4.40 Å². The molecule has 1 atom stereocenters. The summed E-state index contributed by atoms with van der Waals surface area (Å²) in [4.78, 5) is 8.16. The molecule has 1 aliphatic rings. The Morgan fingerprint density at radius 2 is 2.26 bits per heavy atom. The van der Waals surface area contributed by atoms with Gasteiger partial charge in [0.05, 0.1) is 18.9 Å². The Hall–Kier alpha value is -1.11. The predicted molar refractivity (Wildman–Crippen MR) is 78.1 cm³/mol. The molecule has 3 rings (SSSR count). The fourth-order valence-electron chi connectivity index (χ4n) is 2.43. The van der Waals surface area contributed by atoms with Crippen LogP contribution in [0.5, 0.6) is 0 Å². The summed E-state index contributed by atoms with van der Waals surface area (Å²) >= 11 is 1.67. The third kappa shape index (κ3) is 2.48. The second-order valence-electron chi connectivity index (χ2n) is 4.91. The third-order valence-electron chi connectivity index (χ3n) is 3.63. The van der Waals surface area contributed by atoms with Gasteiger partial charge in [0, 0.05) is 37.1 Å². The minimum Gasteiger partial charge on any atom is -0.378 e. The Kier molecular flexibility index (Phi) is 3.72. The van der Waals surface area contributed by atoms with Gasteiger partial charge in [0.25, 0.3) is 0 Å². The van der Waals surface area contributed by atoms with Crippen LogP contribution in [0.4, 0.5) is 5.82 Å². The van der Waals surface area contributed by atoms with Crippen LogP contribution >= 0.6 is 11.3 Å². The molecule has 0 aliphatic carbocycles. The molecule has 0 bridgehead atoms. The molecule has 2 aromatic heterocycles. The molecule has 5 nitrogen and oxygen atoms in total. The number of nitrogens with two attached hydrogens (primary N) is 1. The molecule has 0 saturated carbocycles. The second kappa shape index (κ2) is 5.48. The maximum atomic E-state index is 6.14. The lowest BCUT2D eigenvalue weighted by atomic mass is 10.1. The van der Waals surface area contributed by atoms with Gasteiger partial charge >= 0.3 is 0 Å². The van der Waals surface area contributed by atoms with E-state index in [1.807, 2.05) is 0 Å². The van der Waals surface area contributed by atoms with Gasteiger partial charge in [-0.1, -0.05) is 6.92 Å². The van der Waals surface area contributed by atoms with Gasteiger partial charge in [-0.15, -0.1) is 11.3 Å². The van der Waals surface area contributed by atoms with E-state index in [4.69, 9.17) is 15.5 Å². The van der Waals surface area contributed by atoms with Gasteiger partial charge in [0.1, 0.15) is 0 Å². The molecule has 0 aromatic carbocycles. The van der Waals surface area contributed by atoms with Gasteiger partial charge < -0.3 is 15.4 Å². The summed E-state index contributed by atoms with van der Waals surface area (Å²) in [5.74, 6) is 1.10. The van der Waals surface area contributed by atoms with Crippen LogP contribution in [0.2, 0.25) is 0 Å². The van der Waals surface area contributed by atoms with E-state index in [9.17, 15) is 0 Å². The highest BCUT2D eigenvalue weighted by Crippen LogP contribution is 2.26. The highest BCUT2D eigenvalue weighted by atomic mass is 32.1. The Labute approximate surface area is 117 Å². The van der Waals surface area contributed by atoms with Crippen LogP contribution < -0.4 is 10.6 Å². The largest absolute Gasteiger partial charge is 0.378 e. The molecule has 2 N–H and O–H groups in total. The molecule has 1 fully saturated rings. The molecule has 3 heterocycles. The molecule has 1 unspecified atom stereocenters. The van der Waals surface area contributed by atoms with Crippen molar-refractivity contribution < 1.29 is 4.74 Å². The van der Waals surface area contributed by atoms with Gasteiger partial charge in [-0.05, 0) is 6.42 Å². The van der Waals surface area contributed by atoms with Crippen molar-refractivity contribution in [2.24, 2.45) is 5.73 Å². The standard InChI is InChI=1S/C13H20N4OS/c1-2-10(14)9-11-12(16-3-6-18-7-4-16)15-13-17(11)5-8-19-13/h5,8,10H,2-4,6-7,9,14H2,1H3. The summed E-state index contributed by atoms with van der Waals surface area (Å²) in [5.41, 5.74) is 7.38. The molecule has 0 amide bonds. The van der Waals surface area contributed by atoms with E-state index in [0.717, 1.165) is 49.9 Å². The number of thiazole rings is 1. The van der Waals surface area contributed by atoms with Gasteiger partial charge in [-0.2, -0.15) is 0 Å². The lowest BCUT2D eigenvalue weighted by molar-refractivity contribution is 0.122. The maximum Gasteiger partial charge on any atom is 0.195 e. The first kappa shape index (κ1) is 12.9. The predicted octanol–water partition coefficient (Wildman–Crippen LogP) is 1.51. The topological polar surface area (TPSA) is 55.8 Å². The van der Waals surface area contributed by atoms with Crippen LogP contribution in [-0.2, 0) is 11.2 Å². The van der Waals surface area contributed by atoms with Crippen molar-refractivity contribution in [3.63, 3.8) is 0 Å². The number of ether oxygens (including phenoxy) is 1. The number of hydrogen-bond donors (Lipinski definition) is 1. The molecular weight excluding hydrogens is 260 g/mol. The van der Waals surface area contributed by atoms with Crippen LogP contribution in [0.3, 0.4) is 0 Å². The Morgan fingerprint density at radius 1 is 1.47 bits per heavy atom. The molecule has 0 spiro atoms. The molecule has 2 aromatic rings. The van der Waals surface area contributed by atoms with Crippen molar-refractivity contribution in [2.45, 2.75) is 25.8 Å². The van der Waals surface area contributed by atoms with E-state index < -0.39 is 0 Å². The molecule has 6 heteroatoms. The monoisotopic (exact) mass is 280 g/mol. The van der Waals surface area contributed by atoms with Crippen molar-refractivity contribution in [3.05, 3.63) is 17.3 Å². The normalized spacial score (nSPS) is 18.1. The summed E-state index contributed by atoms with van der Waals surface area (Å²) in [6.07, 6.45) is 3.95. The fourth-order valence-corrected chi connectivity index (χ4v) is 3.16. The highest BCUT2D eigenvalue weighted by molar-refractivity contribution is 7.15. The summed E-state index contributed by atoms with van der Waals surface area (Å²) in [5, 5.41) is 2.08. The number of imidazole rings is 1. The molecule has 1 saturated heterocycles. The zero-order valence-corrected chi connectivity index (χ0v) is 12.0. The average Bonchev–Trinajstić information content (AvgIpc) is 3.02. The van der Waals surface area contributed by atoms with E-state index in [2.05, 4.69) is 27.8 Å². The zero-order chi connectivity index (χ0) is 13.2. The summed E-state index contributed by atoms with van der Waals surface area (Å²) < 4.78 is 7.61. The lowest BCUT2D eigenvalue weighted by Gasteiger charge is -2.28. The van der Waals surface area contributed by atoms with Crippen molar-refractivity contribution in [3.8, 4) is 0 Å². The number of anilines is 1. The lowest BCUT2D eigenvalue weighted by Crippen LogP contribution is -2.37. The number of hydrogen-bond acceptors (Lipinski definition) is 5. The zero-order valence-electron chi connectivity index (χ0n) is 11.2. The Balaban J connectivity index is 1.96. The first-order valence-electron chi connectivity index (χ1n) is 6.82. The number of fused-ring (bicyclic) bond motifs is 1. The SMILES string of the molecule is CCC(N)Cc1c(N2CCOCC2)nc2sccn12. The van der Waals surface area contributed by atoms with E-state index in [1.165, 1.54) is 5.69 Å². The summed E-state index contributed by atoms with van der Waals surface area (Å²) in [7, 11) is 0. The maximum absolute atomic E-state index is 6.14. The second-order valence-corrected chi connectivity index (χ2v) is 5.78. The van der Waals surface area contributed by atoms with Crippen LogP contribution in [0.1, 0.15) is 19.0 Å². The third-order valence-corrected chi connectivity index (χ3v) is 4.39. The quantitative estimate of drug-likeness (QED) is 0.922. The first-order valence-corrected chi connectivity index (χ1v) is 7.70. The Morgan fingerprint density at radius 3 is 3.00 bits per heavy atom. The van der Waals surface area contributed by atoms with Crippen LogP contribution in [-0.4, -0.2) is 41.7 Å². The molecule has 1 aliphatic heterocycles. The van der Waals surface area contributed by atoms with Crippen molar-refractivity contribution in [1.82, 2.24) is 9.38 Å². The van der Waals surface area contributed by atoms with Gasteiger partial charge in [0.2, 0.25) is 0 Å². The van der Waals surface area contributed by atoms with E-state index in [1.54, 1.807) is 11.3 Å². The van der Waals surface area contributed by atoms with Crippen molar-refractivity contribution in [1.29, 1.82) is 0 Å². The fraction of sp³-hybridized carbons (Fsp3) is 0.615. The molecule has 19 heavy (non-hydrogen) atoms. The number of aromatic nitrogens is 2. The smallest absolute Gasteiger partial charge is 0.195 e. The van der Waals surface area contributed by atoms with Gasteiger partial charge in [-0.25, -0.2) is 4.98 Å². The van der Waals surface area contributed by atoms with Crippen molar-refractivity contribution >= 4 is 22.1 Å². The average molecular weight is 280 g/mol. The van der Waals surface area contributed by atoms with Crippen LogP contribution in [0.15, 0.2) is 11.6 Å². The summed E-state index contributed by atoms with van der Waals surface area (Å²) in [6.45, 7) is 5.53. The molecular formula is C13H20N4OS. The number of rotatable bonds is 4. The number of morpholine rings is 1. The first-order chi connectivity index (χ1) is 9.29. The Bertz CT molecular complexity index is 544. The van der Waals surface area contributed by atoms with E-state index in [0.29, 0.717) is 0 Å².